The van der Waals surface area contributed by atoms with E-state index >= 15 is 0 Å². The Balaban J connectivity index is 3.82. The molecule has 0 radical (unpaired) electrons. The van der Waals surface area contributed by atoms with Crippen LogP contribution in [-0.2, 0) is 14.9 Å². The molecule has 2 atom stereocenters. The van der Waals surface area contributed by atoms with Gasteiger partial charge in [-0.25, -0.2) is 0 Å². The molecule has 50 heavy (non-hydrogen) atoms. The van der Waals surface area contributed by atoms with Crippen LogP contribution in [0.5, 0.6) is 0 Å². The molecular weight excluding hydrogens is 643 g/mol. The van der Waals surface area contributed by atoms with Crippen LogP contribution in [0.25, 0.3) is 0 Å². The van der Waals surface area contributed by atoms with E-state index in [0.717, 1.165) is 51.4 Å². The zero-order valence-electron chi connectivity index (χ0n) is 33.3. The third kappa shape index (κ3) is 38.3. The standard InChI is InChI=1S/C43H85NO5S/c1-3-5-7-9-11-13-15-17-19-21-22-23-24-26-28-30-32-34-36-38-42(45)41(40-50(47,48)49)44-43(46)39-37-35-33-31-29-27-25-20-18-16-14-12-10-8-6-4-2/h20,25,41-42,45H,3-19,21-24,26-40H2,1-2H3,(H,44,46)(H,47,48,49)/b25-20-. The van der Waals surface area contributed by atoms with Crippen molar-refractivity contribution in [3.05, 3.63) is 12.2 Å². The largest absolute Gasteiger partial charge is 0.391 e. The minimum atomic E-state index is -4.31. The van der Waals surface area contributed by atoms with Crippen LogP contribution in [0.3, 0.4) is 0 Å². The predicted octanol–water partition coefficient (Wildman–Crippen LogP) is 13.0. The molecule has 0 aromatic rings. The normalized spacial score (nSPS) is 13.3. The first-order chi connectivity index (χ1) is 24.3. The Bertz CT molecular complexity index is 846. The van der Waals surface area contributed by atoms with E-state index in [0.29, 0.717) is 12.8 Å². The molecule has 1 amide bonds. The zero-order valence-corrected chi connectivity index (χ0v) is 34.1. The summed E-state index contributed by atoms with van der Waals surface area (Å²) >= 11 is 0. The van der Waals surface area contributed by atoms with Gasteiger partial charge >= 0.3 is 0 Å². The lowest BCUT2D eigenvalue weighted by atomic mass is 10.0. The van der Waals surface area contributed by atoms with E-state index < -0.39 is 28.0 Å². The van der Waals surface area contributed by atoms with E-state index in [1.807, 2.05) is 0 Å². The zero-order chi connectivity index (χ0) is 36.8. The van der Waals surface area contributed by atoms with Gasteiger partial charge in [-0.3, -0.25) is 9.35 Å². The molecule has 6 nitrogen and oxygen atoms in total. The maximum atomic E-state index is 12.5. The average molecular weight is 728 g/mol. The molecule has 3 N–H and O–H groups in total. The molecule has 0 spiro atoms. The summed E-state index contributed by atoms with van der Waals surface area (Å²) in [5.74, 6) is -0.898. The van der Waals surface area contributed by atoms with Crippen LogP contribution in [0.2, 0.25) is 0 Å². The highest BCUT2D eigenvalue weighted by Crippen LogP contribution is 2.16. The summed E-state index contributed by atoms with van der Waals surface area (Å²) in [7, 11) is -4.31. The van der Waals surface area contributed by atoms with E-state index in [4.69, 9.17) is 0 Å². The Morgan fingerprint density at radius 1 is 0.520 bits per heavy atom. The van der Waals surface area contributed by atoms with Crippen LogP contribution in [0.1, 0.15) is 239 Å². The first-order valence-electron chi connectivity index (χ1n) is 21.9. The minimum Gasteiger partial charge on any atom is -0.391 e. The Labute approximate surface area is 312 Å². The molecular formula is C43H85NO5S. The number of hydrogen-bond acceptors (Lipinski definition) is 4. The highest BCUT2D eigenvalue weighted by atomic mass is 32.2. The highest BCUT2D eigenvalue weighted by Gasteiger charge is 2.26. The summed E-state index contributed by atoms with van der Waals surface area (Å²) in [4.78, 5) is 12.5. The first kappa shape index (κ1) is 49.1. The molecule has 0 fully saturated rings. The molecule has 7 heteroatoms. The first-order valence-corrected chi connectivity index (χ1v) is 23.5. The number of carbonyl (C=O) groups is 1. The number of rotatable bonds is 40. The molecule has 0 saturated heterocycles. The van der Waals surface area contributed by atoms with E-state index in [9.17, 15) is 22.9 Å². The van der Waals surface area contributed by atoms with Gasteiger partial charge in [-0.2, -0.15) is 8.42 Å². The second-order valence-corrected chi connectivity index (χ2v) is 16.8. The summed E-state index contributed by atoms with van der Waals surface area (Å²) in [5.41, 5.74) is 0. The van der Waals surface area contributed by atoms with Crippen LogP contribution in [-0.4, -0.2) is 41.9 Å². The molecule has 0 aromatic heterocycles. The fraction of sp³-hybridized carbons (Fsp3) is 0.930. The lowest BCUT2D eigenvalue weighted by molar-refractivity contribution is -0.122. The van der Waals surface area contributed by atoms with Crippen molar-refractivity contribution < 1.29 is 22.9 Å². The van der Waals surface area contributed by atoms with E-state index in [1.165, 1.54) is 161 Å². The number of aliphatic hydroxyl groups is 1. The predicted molar refractivity (Wildman–Crippen MR) is 216 cm³/mol. The van der Waals surface area contributed by atoms with Crippen molar-refractivity contribution in [2.45, 2.75) is 251 Å². The summed E-state index contributed by atoms with van der Waals surface area (Å²) < 4.78 is 32.6. The van der Waals surface area contributed by atoms with Crippen molar-refractivity contribution in [2.75, 3.05) is 5.75 Å². The van der Waals surface area contributed by atoms with Crippen molar-refractivity contribution in [2.24, 2.45) is 0 Å². The van der Waals surface area contributed by atoms with Gasteiger partial charge in [-0.1, -0.05) is 206 Å². The average Bonchev–Trinajstić information content (AvgIpc) is 3.08. The molecule has 0 aromatic carbocycles. The Hall–Kier alpha value is -0.920. The Morgan fingerprint density at radius 2 is 0.840 bits per heavy atom. The lowest BCUT2D eigenvalue weighted by Gasteiger charge is -2.23. The molecule has 2 unspecified atom stereocenters. The second-order valence-electron chi connectivity index (χ2n) is 15.3. The number of amides is 1. The third-order valence-electron chi connectivity index (χ3n) is 10.2. The topological polar surface area (TPSA) is 104 Å². The molecule has 0 aliphatic carbocycles. The van der Waals surface area contributed by atoms with Gasteiger partial charge in [0.15, 0.2) is 0 Å². The summed E-state index contributed by atoms with van der Waals surface area (Å²) in [6.45, 7) is 4.53. The van der Waals surface area contributed by atoms with Gasteiger partial charge in [-0.15, -0.1) is 0 Å². The van der Waals surface area contributed by atoms with Crippen LogP contribution >= 0.6 is 0 Å². The Morgan fingerprint density at radius 3 is 1.20 bits per heavy atom. The van der Waals surface area contributed by atoms with E-state index in [1.54, 1.807) is 0 Å². The fourth-order valence-electron chi connectivity index (χ4n) is 6.92. The van der Waals surface area contributed by atoms with Gasteiger partial charge in [0, 0.05) is 6.42 Å². The van der Waals surface area contributed by atoms with Gasteiger partial charge in [-0.05, 0) is 38.5 Å². The van der Waals surface area contributed by atoms with Crippen LogP contribution in [0, 0.1) is 0 Å². The van der Waals surface area contributed by atoms with Crippen LogP contribution in [0.4, 0.5) is 0 Å². The maximum Gasteiger partial charge on any atom is 0.266 e. The molecule has 0 heterocycles. The van der Waals surface area contributed by atoms with Gasteiger partial charge in [0.1, 0.15) is 0 Å². The van der Waals surface area contributed by atoms with Crippen molar-refractivity contribution in [1.29, 1.82) is 0 Å². The third-order valence-corrected chi connectivity index (χ3v) is 11.0. The maximum absolute atomic E-state index is 12.5. The number of hydrogen-bond donors (Lipinski definition) is 3. The van der Waals surface area contributed by atoms with Crippen molar-refractivity contribution in [3.8, 4) is 0 Å². The molecule has 0 aliphatic heterocycles. The molecule has 0 aliphatic rings. The lowest BCUT2D eigenvalue weighted by Crippen LogP contribution is -2.47. The van der Waals surface area contributed by atoms with Gasteiger partial charge in [0.05, 0.1) is 17.9 Å². The van der Waals surface area contributed by atoms with Gasteiger partial charge < -0.3 is 10.4 Å². The number of unbranched alkanes of at least 4 members (excludes halogenated alkanes) is 30. The number of allylic oxidation sites excluding steroid dienone is 2. The van der Waals surface area contributed by atoms with E-state index in [2.05, 4.69) is 31.3 Å². The highest BCUT2D eigenvalue weighted by molar-refractivity contribution is 7.85. The minimum absolute atomic E-state index is 0.251. The summed E-state index contributed by atoms with van der Waals surface area (Å²) in [6.07, 6.45) is 45.9. The number of aliphatic hydroxyl groups excluding tert-OH is 1. The molecule has 0 bridgehead atoms. The van der Waals surface area contributed by atoms with Crippen molar-refractivity contribution >= 4 is 16.0 Å². The van der Waals surface area contributed by atoms with Crippen molar-refractivity contribution in [1.82, 2.24) is 5.32 Å². The molecule has 298 valence electrons. The molecule has 0 rings (SSSR count). The van der Waals surface area contributed by atoms with Crippen LogP contribution in [0.15, 0.2) is 12.2 Å². The SMILES string of the molecule is CCCCCCCCC/C=C\CCCCCCCC(=O)NC(CS(=O)(=O)O)C(O)CCCCCCCCCCCCCCCCCCCCC. The van der Waals surface area contributed by atoms with E-state index in [-0.39, 0.29) is 5.91 Å². The smallest absolute Gasteiger partial charge is 0.266 e. The summed E-state index contributed by atoms with van der Waals surface area (Å²) in [5, 5.41) is 13.4. The van der Waals surface area contributed by atoms with Gasteiger partial charge in [0.25, 0.3) is 10.1 Å². The number of carbonyl (C=O) groups excluding carboxylic acids is 1. The fourth-order valence-corrected chi connectivity index (χ4v) is 7.68. The Kier molecular flexibility index (Phi) is 37.1. The monoisotopic (exact) mass is 728 g/mol. The molecule has 0 saturated carbocycles. The van der Waals surface area contributed by atoms with Crippen LogP contribution < -0.4 is 5.32 Å². The number of nitrogens with one attached hydrogen (secondary N) is 1. The second kappa shape index (κ2) is 37.8. The van der Waals surface area contributed by atoms with Crippen molar-refractivity contribution in [3.63, 3.8) is 0 Å². The quantitative estimate of drug-likeness (QED) is 0.0331. The summed E-state index contributed by atoms with van der Waals surface area (Å²) in [6, 6.07) is -0.971. The van der Waals surface area contributed by atoms with Gasteiger partial charge in [0.2, 0.25) is 5.91 Å².